The van der Waals surface area contributed by atoms with E-state index >= 15 is 0 Å². The van der Waals surface area contributed by atoms with Gasteiger partial charge in [-0.1, -0.05) is 13.3 Å². The van der Waals surface area contributed by atoms with Gasteiger partial charge in [0.05, 0.1) is 15.9 Å². The molecule has 0 atom stereocenters. The number of nitrogens with one attached hydrogen (secondary N) is 1. The molecular weight excluding hydrogens is 376 g/mol. The monoisotopic (exact) mass is 398 g/mol. The van der Waals surface area contributed by atoms with Crippen molar-refractivity contribution in [2.24, 2.45) is 0 Å². The summed E-state index contributed by atoms with van der Waals surface area (Å²) >= 11 is 0. The van der Waals surface area contributed by atoms with E-state index in [4.69, 9.17) is 0 Å². The van der Waals surface area contributed by atoms with Crippen molar-refractivity contribution < 1.29 is 13.2 Å². The van der Waals surface area contributed by atoms with Crippen molar-refractivity contribution in [1.82, 2.24) is 14.3 Å². The second-order valence-corrected chi connectivity index (χ2v) is 8.46. The van der Waals surface area contributed by atoms with E-state index < -0.39 is 10.0 Å². The second-order valence-electron chi connectivity index (χ2n) is 6.42. The standard InChI is InChI=1S/C20H22N4O3S/c1-3-4-13-24(2)28(26,27)17-8-6-16(7-9-17)23-20(25)15-5-10-18-19(14-15)22-12-11-21-18/h5-12,14H,3-4,13H2,1-2H3,(H,23,25). The quantitative estimate of drug-likeness (QED) is 0.659. The average molecular weight is 398 g/mol. The predicted molar refractivity (Wildman–Crippen MR) is 109 cm³/mol. The molecule has 146 valence electrons. The van der Waals surface area contributed by atoms with Gasteiger partial charge in [-0.25, -0.2) is 12.7 Å². The summed E-state index contributed by atoms with van der Waals surface area (Å²) in [6.07, 6.45) is 4.89. The lowest BCUT2D eigenvalue weighted by Crippen LogP contribution is -2.27. The van der Waals surface area contributed by atoms with Gasteiger partial charge < -0.3 is 5.32 Å². The molecule has 0 fully saturated rings. The molecule has 0 unspecified atom stereocenters. The highest BCUT2D eigenvalue weighted by molar-refractivity contribution is 7.89. The largest absolute Gasteiger partial charge is 0.322 e. The molecule has 0 bridgehead atoms. The molecule has 0 radical (unpaired) electrons. The lowest BCUT2D eigenvalue weighted by Gasteiger charge is -2.17. The lowest BCUT2D eigenvalue weighted by atomic mass is 10.1. The highest BCUT2D eigenvalue weighted by Gasteiger charge is 2.20. The van der Waals surface area contributed by atoms with Crippen molar-refractivity contribution >= 4 is 32.7 Å². The van der Waals surface area contributed by atoms with Crippen LogP contribution >= 0.6 is 0 Å². The molecule has 0 saturated carbocycles. The summed E-state index contributed by atoms with van der Waals surface area (Å²) in [6, 6.07) is 11.2. The maximum absolute atomic E-state index is 12.5. The van der Waals surface area contributed by atoms with Gasteiger partial charge in [0.15, 0.2) is 0 Å². The predicted octanol–water partition coefficient (Wildman–Crippen LogP) is 3.30. The summed E-state index contributed by atoms with van der Waals surface area (Å²) in [7, 11) is -1.95. The average Bonchev–Trinajstić information content (AvgIpc) is 2.71. The number of aromatic nitrogens is 2. The van der Waals surface area contributed by atoms with Crippen LogP contribution in [0.1, 0.15) is 30.1 Å². The van der Waals surface area contributed by atoms with Gasteiger partial charge in [0.25, 0.3) is 5.91 Å². The third-order valence-electron chi connectivity index (χ3n) is 4.38. The van der Waals surface area contributed by atoms with Gasteiger partial charge in [0.1, 0.15) is 0 Å². The van der Waals surface area contributed by atoms with Crippen molar-refractivity contribution in [3.05, 3.63) is 60.4 Å². The van der Waals surface area contributed by atoms with Crippen LogP contribution < -0.4 is 5.32 Å². The first-order valence-electron chi connectivity index (χ1n) is 9.00. The van der Waals surface area contributed by atoms with E-state index in [-0.39, 0.29) is 10.8 Å². The van der Waals surface area contributed by atoms with E-state index in [0.29, 0.717) is 28.8 Å². The summed E-state index contributed by atoms with van der Waals surface area (Å²) in [5.41, 5.74) is 2.30. The van der Waals surface area contributed by atoms with Gasteiger partial charge in [0.2, 0.25) is 10.0 Å². The molecule has 1 N–H and O–H groups in total. The number of rotatable bonds is 7. The van der Waals surface area contributed by atoms with Gasteiger partial charge >= 0.3 is 0 Å². The highest BCUT2D eigenvalue weighted by Crippen LogP contribution is 2.19. The molecule has 7 nitrogen and oxygen atoms in total. The first kappa shape index (κ1) is 19.9. The molecular formula is C20H22N4O3S. The van der Waals surface area contributed by atoms with Crippen LogP contribution in [0.4, 0.5) is 5.69 Å². The Morgan fingerprint density at radius 2 is 1.71 bits per heavy atom. The van der Waals surface area contributed by atoms with E-state index in [9.17, 15) is 13.2 Å². The number of benzene rings is 2. The summed E-state index contributed by atoms with van der Waals surface area (Å²) in [5.74, 6) is -0.303. The van der Waals surface area contributed by atoms with Gasteiger partial charge in [-0.05, 0) is 48.9 Å². The molecule has 1 aromatic heterocycles. The Bertz CT molecular complexity index is 1080. The van der Waals surface area contributed by atoms with Crippen molar-refractivity contribution in [1.29, 1.82) is 0 Å². The number of nitrogens with zero attached hydrogens (tertiary/aromatic N) is 3. The fourth-order valence-electron chi connectivity index (χ4n) is 2.70. The Hall–Kier alpha value is -2.84. The number of fused-ring (bicyclic) bond motifs is 1. The zero-order valence-corrected chi connectivity index (χ0v) is 16.6. The first-order chi connectivity index (χ1) is 13.4. The summed E-state index contributed by atoms with van der Waals surface area (Å²) in [5, 5.41) is 2.77. The van der Waals surface area contributed by atoms with Crippen LogP contribution in [0, 0.1) is 0 Å². The molecule has 0 aliphatic heterocycles. The molecule has 28 heavy (non-hydrogen) atoms. The van der Waals surface area contributed by atoms with Crippen molar-refractivity contribution in [2.75, 3.05) is 18.9 Å². The van der Waals surface area contributed by atoms with Crippen LogP contribution in [0.3, 0.4) is 0 Å². The minimum Gasteiger partial charge on any atom is -0.322 e. The van der Waals surface area contributed by atoms with Gasteiger partial charge in [-0.15, -0.1) is 0 Å². The van der Waals surface area contributed by atoms with Crippen LogP contribution in [-0.2, 0) is 10.0 Å². The number of anilines is 1. The molecule has 1 heterocycles. The van der Waals surface area contributed by atoms with Crippen LogP contribution in [0.15, 0.2) is 59.8 Å². The Morgan fingerprint density at radius 3 is 2.39 bits per heavy atom. The van der Waals surface area contributed by atoms with Crippen LogP contribution in [0.25, 0.3) is 11.0 Å². The molecule has 0 aliphatic rings. The molecule has 0 saturated heterocycles. The Balaban J connectivity index is 1.73. The van der Waals surface area contributed by atoms with E-state index in [1.54, 1.807) is 49.8 Å². The third kappa shape index (κ3) is 4.35. The van der Waals surface area contributed by atoms with Gasteiger partial charge in [-0.2, -0.15) is 0 Å². The Morgan fingerprint density at radius 1 is 1.04 bits per heavy atom. The van der Waals surface area contributed by atoms with E-state index in [1.165, 1.54) is 16.4 Å². The van der Waals surface area contributed by atoms with Crippen LogP contribution in [0.5, 0.6) is 0 Å². The normalized spacial score (nSPS) is 11.7. The van der Waals surface area contributed by atoms with Crippen LogP contribution in [0.2, 0.25) is 0 Å². The number of sulfonamides is 1. The maximum Gasteiger partial charge on any atom is 0.255 e. The zero-order valence-electron chi connectivity index (χ0n) is 15.8. The van der Waals surface area contributed by atoms with Gasteiger partial charge in [-0.3, -0.25) is 14.8 Å². The number of carbonyl (C=O) groups is 1. The smallest absolute Gasteiger partial charge is 0.255 e. The minimum atomic E-state index is -3.53. The molecule has 3 aromatic rings. The first-order valence-corrected chi connectivity index (χ1v) is 10.4. The fraction of sp³-hybridized carbons (Fsp3) is 0.250. The minimum absolute atomic E-state index is 0.199. The third-order valence-corrected chi connectivity index (χ3v) is 6.25. The van der Waals surface area contributed by atoms with Crippen molar-refractivity contribution in [3.8, 4) is 0 Å². The number of unbranched alkanes of at least 4 members (excludes halogenated alkanes) is 1. The Labute approximate surface area is 164 Å². The van der Waals surface area contributed by atoms with Gasteiger partial charge in [0, 0.05) is 37.2 Å². The SMILES string of the molecule is CCCCN(C)S(=O)(=O)c1ccc(NC(=O)c2ccc3nccnc3c2)cc1. The maximum atomic E-state index is 12.5. The molecule has 0 spiro atoms. The summed E-state index contributed by atoms with van der Waals surface area (Å²) in [6.45, 7) is 2.49. The summed E-state index contributed by atoms with van der Waals surface area (Å²) in [4.78, 5) is 21.0. The number of hydrogen-bond acceptors (Lipinski definition) is 5. The van der Waals surface area contributed by atoms with E-state index in [1.807, 2.05) is 6.92 Å². The second kappa shape index (κ2) is 8.45. The van der Waals surface area contributed by atoms with E-state index in [0.717, 1.165) is 12.8 Å². The number of amides is 1. The van der Waals surface area contributed by atoms with Crippen LogP contribution in [-0.4, -0.2) is 42.2 Å². The molecule has 2 aromatic carbocycles. The van der Waals surface area contributed by atoms with E-state index in [2.05, 4.69) is 15.3 Å². The Kier molecular flexibility index (Phi) is 6.01. The molecule has 3 rings (SSSR count). The zero-order chi connectivity index (χ0) is 20.1. The highest BCUT2D eigenvalue weighted by atomic mass is 32.2. The van der Waals surface area contributed by atoms with Crippen molar-refractivity contribution in [2.45, 2.75) is 24.7 Å². The summed E-state index contributed by atoms with van der Waals surface area (Å²) < 4.78 is 26.4. The van der Waals surface area contributed by atoms with Crippen molar-refractivity contribution in [3.63, 3.8) is 0 Å². The molecule has 0 aliphatic carbocycles. The fourth-order valence-corrected chi connectivity index (χ4v) is 3.91. The number of hydrogen-bond donors (Lipinski definition) is 1. The number of carbonyl (C=O) groups excluding carboxylic acids is 1. The molecule has 8 heteroatoms. The topological polar surface area (TPSA) is 92.3 Å². The molecule has 1 amide bonds. The lowest BCUT2D eigenvalue weighted by molar-refractivity contribution is 0.102.